The number of hydrogen-bond donors (Lipinski definition) is 1. The summed E-state index contributed by atoms with van der Waals surface area (Å²) in [5.41, 5.74) is -1.82. The molecule has 0 aromatic carbocycles. The van der Waals surface area contributed by atoms with Crippen molar-refractivity contribution in [2.75, 3.05) is 0 Å². The van der Waals surface area contributed by atoms with Gasteiger partial charge >= 0.3 is 6.18 Å². The van der Waals surface area contributed by atoms with Gasteiger partial charge in [0.25, 0.3) is 0 Å². The molecule has 0 amide bonds. The molecule has 0 aliphatic carbocycles. The Balaban J connectivity index is 3.02. The highest BCUT2D eigenvalue weighted by Gasteiger charge is 2.31. The van der Waals surface area contributed by atoms with Crippen LogP contribution >= 0.6 is 0 Å². The first-order valence-electron chi connectivity index (χ1n) is 3.97. The zero-order valence-corrected chi connectivity index (χ0v) is 7.76. The maximum atomic E-state index is 12.1. The molecule has 5 heteroatoms. The van der Waals surface area contributed by atoms with E-state index in [1.165, 1.54) is 19.9 Å². The first-order valence-corrected chi connectivity index (χ1v) is 3.97. The van der Waals surface area contributed by atoms with Crippen molar-refractivity contribution >= 4 is 0 Å². The lowest BCUT2D eigenvalue weighted by molar-refractivity contribution is -0.137. The first-order chi connectivity index (χ1) is 6.21. The van der Waals surface area contributed by atoms with Crippen LogP contribution < -0.4 is 0 Å². The van der Waals surface area contributed by atoms with Crippen LogP contribution in [0.25, 0.3) is 0 Å². The van der Waals surface area contributed by atoms with Crippen molar-refractivity contribution in [2.45, 2.75) is 25.6 Å². The smallest absolute Gasteiger partial charge is 0.384 e. The fourth-order valence-corrected chi connectivity index (χ4v) is 0.923. The molecule has 1 rings (SSSR count). The number of alkyl halides is 3. The molecule has 78 valence electrons. The van der Waals surface area contributed by atoms with Gasteiger partial charge in [0, 0.05) is 6.20 Å². The van der Waals surface area contributed by atoms with Crippen LogP contribution in [0.4, 0.5) is 13.2 Å². The van der Waals surface area contributed by atoms with E-state index in [4.69, 9.17) is 0 Å². The lowest BCUT2D eigenvalue weighted by Crippen LogP contribution is -2.18. The number of pyridine rings is 1. The molecule has 0 saturated heterocycles. The highest BCUT2D eigenvalue weighted by Crippen LogP contribution is 2.29. The van der Waals surface area contributed by atoms with Crippen LogP contribution in [0.15, 0.2) is 18.3 Å². The van der Waals surface area contributed by atoms with Crippen LogP contribution in [-0.4, -0.2) is 10.1 Å². The number of aliphatic hydroxyl groups is 1. The summed E-state index contributed by atoms with van der Waals surface area (Å²) in [5.74, 6) is 0. The van der Waals surface area contributed by atoms with Gasteiger partial charge in [-0.25, -0.2) is 0 Å². The Hall–Kier alpha value is -1.10. The summed E-state index contributed by atoms with van der Waals surface area (Å²) in [7, 11) is 0. The van der Waals surface area contributed by atoms with Crippen LogP contribution in [0.1, 0.15) is 25.1 Å². The minimum Gasteiger partial charge on any atom is -0.384 e. The van der Waals surface area contributed by atoms with Crippen molar-refractivity contribution in [2.24, 2.45) is 0 Å². The fourth-order valence-electron chi connectivity index (χ4n) is 0.923. The Morgan fingerprint density at radius 1 is 1.21 bits per heavy atom. The van der Waals surface area contributed by atoms with Crippen LogP contribution in [0.5, 0.6) is 0 Å². The zero-order chi connectivity index (χ0) is 11.0. The van der Waals surface area contributed by atoms with Crippen LogP contribution in [-0.2, 0) is 11.8 Å². The van der Waals surface area contributed by atoms with Gasteiger partial charge in [-0.05, 0) is 26.0 Å². The summed E-state index contributed by atoms with van der Waals surface area (Å²) < 4.78 is 36.3. The molecule has 0 aliphatic heterocycles. The summed E-state index contributed by atoms with van der Waals surface area (Å²) in [6, 6.07) is 2.07. The monoisotopic (exact) mass is 205 g/mol. The average Bonchev–Trinajstić information content (AvgIpc) is 2.01. The van der Waals surface area contributed by atoms with Crippen molar-refractivity contribution in [3.05, 3.63) is 29.6 Å². The molecule has 14 heavy (non-hydrogen) atoms. The van der Waals surface area contributed by atoms with E-state index in [0.29, 0.717) is 6.20 Å². The van der Waals surface area contributed by atoms with Crippen molar-refractivity contribution in [3.8, 4) is 0 Å². The van der Waals surface area contributed by atoms with Crippen molar-refractivity contribution in [1.29, 1.82) is 0 Å². The molecular weight excluding hydrogens is 195 g/mol. The molecule has 1 aromatic rings. The predicted octanol–water partition coefficient (Wildman–Crippen LogP) is 2.33. The van der Waals surface area contributed by atoms with Crippen LogP contribution in [0, 0.1) is 0 Å². The Labute approximate surface area is 79.4 Å². The average molecular weight is 205 g/mol. The molecular formula is C9H10F3NO. The van der Waals surface area contributed by atoms with E-state index in [-0.39, 0.29) is 5.69 Å². The van der Waals surface area contributed by atoms with Gasteiger partial charge in [0.1, 0.15) is 5.60 Å². The van der Waals surface area contributed by atoms with Gasteiger partial charge in [-0.2, -0.15) is 13.2 Å². The second-order valence-electron chi connectivity index (χ2n) is 3.49. The molecule has 0 bridgehead atoms. The molecule has 2 nitrogen and oxygen atoms in total. The second-order valence-corrected chi connectivity index (χ2v) is 3.49. The highest BCUT2D eigenvalue weighted by atomic mass is 19.4. The molecule has 0 fully saturated rings. The van der Waals surface area contributed by atoms with Gasteiger partial charge in [-0.3, -0.25) is 4.98 Å². The van der Waals surface area contributed by atoms with Crippen molar-refractivity contribution in [1.82, 2.24) is 4.98 Å². The third-order valence-electron chi connectivity index (χ3n) is 1.72. The Morgan fingerprint density at radius 2 is 1.79 bits per heavy atom. The van der Waals surface area contributed by atoms with E-state index < -0.39 is 17.3 Å². The maximum Gasteiger partial charge on any atom is 0.417 e. The topological polar surface area (TPSA) is 33.1 Å². The molecule has 0 radical (unpaired) electrons. The third kappa shape index (κ3) is 2.45. The maximum absolute atomic E-state index is 12.1. The zero-order valence-electron chi connectivity index (χ0n) is 7.76. The predicted molar refractivity (Wildman–Crippen MR) is 44.5 cm³/mol. The Bertz CT molecular complexity index is 277. The van der Waals surface area contributed by atoms with E-state index in [9.17, 15) is 18.3 Å². The molecule has 1 N–H and O–H groups in total. The van der Waals surface area contributed by atoms with Crippen LogP contribution in [0.3, 0.4) is 0 Å². The van der Waals surface area contributed by atoms with Crippen molar-refractivity contribution < 1.29 is 18.3 Å². The van der Waals surface area contributed by atoms with E-state index in [0.717, 1.165) is 6.07 Å². The van der Waals surface area contributed by atoms with Gasteiger partial charge < -0.3 is 5.11 Å². The van der Waals surface area contributed by atoms with Gasteiger partial charge in [-0.15, -0.1) is 0 Å². The number of hydrogen-bond acceptors (Lipinski definition) is 2. The Kier molecular flexibility index (Phi) is 2.54. The molecule has 0 aliphatic rings. The third-order valence-corrected chi connectivity index (χ3v) is 1.72. The normalized spacial score (nSPS) is 13.0. The summed E-state index contributed by atoms with van der Waals surface area (Å²) in [6.45, 7) is 2.92. The second kappa shape index (κ2) is 3.24. The fraction of sp³-hybridized carbons (Fsp3) is 0.444. The lowest BCUT2D eigenvalue weighted by Gasteiger charge is -2.16. The van der Waals surface area contributed by atoms with E-state index >= 15 is 0 Å². The van der Waals surface area contributed by atoms with Crippen molar-refractivity contribution in [3.63, 3.8) is 0 Å². The van der Waals surface area contributed by atoms with E-state index in [1.807, 2.05) is 0 Å². The summed E-state index contributed by atoms with van der Waals surface area (Å²) in [4.78, 5) is 3.55. The highest BCUT2D eigenvalue weighted by molar-refractivity contribution is 5.19. The first kappa shape index (κ1) is 11.0. The van der Waals surface area contributed by atoms with Gasteiger partial charge in [0.15, 0.2) is 0 Å². The molecule has 0 saturated carbocycles. The van der Waals surface area contributed by atoms with Gasteiger partial charge in [0.05, 0.1) is 11.3 Å². The van der Waals surface area contributed by atoms with Crippen LogP contribution in [0.2, 0.25) is 0 Å². The molecule has 0 spiro atoms. The number of rotatable bonds is 1. The number of aromatic nitrogens is 1. The van der Waals surface area contributed by atoms with Gasteiger partial charge in [-0.1, -0.05) is 0 Å². The molecule has 0 unspecified atom stereocenters. The van der Waals surface area contributed by atoms with Gasteiger partial charge in [0.2, 0.25) is 0 Å². The lowest BCUT2D eigenvalue weighted by atomic mass is 10.0. The molecule has 1 aromatic heterocycles. The van der Waals surface area contributed by atoms with E-state index in [2.05, 4.69) is 4.98 Å². The minimum atomic E-state index is -4.38. The summed E-state index contributed by atoms with van der Waals surface area (Å²) in [6.07, 6.45) is -3.67. The summed E-state index contributed by atoms with van der Waals surface area (Å²) in [5, 5.41) is 9.44. The standard InChI is InChI=1S/C9H10F3NO/c1-8(2,14)7-4-3-6(5-13-7)9(10,11)12/h3-5,14H,1-2H3. The SMILES string of the molecule is CC(C)(O)c1ccc(C(F)(F)F)cn1. The molecule has 1 heterocycles. The Morgan fingerprint density at radius 3 is 2.07 bits per heavy atom. The largest absolute Gasteiger partial charge is 0.417 e. The molecule has 0 atom stereocenters. The number of nitrogens with zero attached hydrogens (tertiary/aromatic N) is 1. The summed E-state index contributed by atoms with van der Waals surface area (Å²) >= 11 is 0. The quantitative estimate of drug-likeness (QED) is 0.763. The number of halogens is 3. The van der Waals surface area contributed by atoms with E-state index in [1.54, 1.807) is 0 Å². The minimum absolute atomic E-state index is 0.213.